The second kappa shape index (κ2) is 6.46. The molecule has 4 nitrogen and oxygen atoms in total. The van der Waals surface area contributed by atoms with Crippen molar-refractivity contribution in [2.45, 2.75) is 19.4 Å². The lowest BCUT2D eigenvalue weighted by Crippen LogP contribution is -2.07. The molecule has 2 aromatic carbocycles. The summed E-state index contributed by atoms with van der Waals surface area (Å²) >= 11 is 6.07. The van der Waals surface area contributed by atoms with Gasteiger partial charge in [-0.25, -0.2) is 0 Å². The van der Waals surface area contributed by atoms with E-state index in [9.17, 15) is 0 Å². The molecule has 2 heterocycles. The van der Waals surface area contributed by atoms with Gasteiger partial charge in [0.2, 0.25) is 0 Å². The number of aryl methyl sites for hydroxylation is 1. The minimum atomic E-state index is -0.276. The summed E-state index contributed by atoms with van der Waals surface area (Å²) in [7, 11) is 0. The third kappa shape index (κ3) is 2.82. The highest BCUT2D eigenvalue weighted by Crippen LogP contribution is 2.41. The summed E-state index contributed by atoms with van der Waals surface area (Å²) in [6, 6.07) is 15.6. The van der Waals surface area contributed by atoms with Gasteiger partial charge in [-0.2, -0.15) is 0 Å². The Kier molecular flexibility index (Phi) is 4.13. The number of rotatable bonds is 3. The van der Waals surface area contributed by atoms with E-state index in [1.165, 1.54) is 0 Å². The largest absolute Gasteiger partial charge is 0.402 e. The maximum Gasteiger partial charge on any atom is 0.169 e. The molecule has 1 atom stereocenters. The first-order valence-corrected chi connectivity index (χ1v) is 8.75. The quantitative estimate of drug-likeness (QED) is 0.707. The van der Waals surface area contributed by atoms with E-state index < -0.39 is 0 Å². The third-order valence-electron chi connectivity index (χ3n) is 4.50. The fourth-order valence-electron chi connectivity index (χ4n) is 3.36. The Morgan fingerprint density at radius 3 is 2.54 bits per heavy atom. The van der Waals surface area contributed by atoms with Crippen molar-refractivity contribution in [1.29, 1.82) is 0 Å². The van der Waals surface area contributed by atoms with Gasteiger partial charge in [0.05, 0.1) is 17.0 Å². The van der Waals surface area contributed by atoms with Crippen LogP contribution in [0.15, 0.2) is 70.3 Å². The van der Waals surface area contributed by atoms with Crippen molar-refractivity contribution in [1.82, 2.24) is 5.16 Å². The number of nitrogens with zero attached hydrogens (tertiary/aromatic N) is 2. The Morgan fingerprint density at radius 1 is 1.15 bits per heavy atom. The number of nitrogens with two attached hydrogens (primary N) is 1. The van der Waals surface area contributed by atoms with Crippen LogP contribution in [0.1, 0.15) is 35.0 Å². The SMILES string of the molecule is C=C(N)C[C@@H]1N=C(c2ccc(Cl)cc2)c2ccccc2-c2c(C)noc21. The number of benzene rings is 2. The van der Waals surface area contributed by atoms with Gasteiger partial charge in [0, 0.05) is 28.3 Å². The van der Waals surface area contributed by atoms with E-state index in [-0.39, 0.29) is 6.04 Å². The molecular formula is C21H18ClN3O. The van der Waals surface area contributed by atoms with Crippen molar-refractivity contribution in [3.8, 4) is 11.1 Å². The van der Waals surface area contributed by atoms with Gasteiger partial charge in [-0.05, 0) is 24.6 Å². The maximum absolute atomic E-state index is 6.07. The Morgan fingerprint density at radius 2 is 1.85 bits per heavy atom. The maximum atomic E-state index is 6.07. The highest BCUT2D eigenvalue weighted by molar-refractivity contribution is 6.30. The topological polar surface area (TPSA) is 64.4 Å². The molecule has 1 aliphatic heterocycles. The molecule has 1 aliphatic rings. The highest BCUT2D eigenvalue weighted by Gasteiger charge is 2.30. The Bertz CT molecular complexity index is 1020. The smallest absolute Gasteiger partial charge is 0.169 e. The predicted octanol–water partition coefficient (Wildman–Crippen LogP) is 5.06. The summed E-state index contributed by atoms with van der Waals surface area (Å²) in [5, 5.41) is 4.86. The molecule has 4 rings (SSSR count). The number of fused-ring (bicyclic) bond motifs is 3. The molecular weight excluding hydrogens is 346 g/mol. The average molecular weight is 364 g/mol. The molecule has 0 saturated heterocycles. The summed E-state index contributed by atoms with van der Waals surface area (Å²) in [5.74, 6) is 0.727. The summed E-state index contributed by atoms with van der Waals surface area (Å²) < 4.78 is 5.67. The minimum absolute atomic E-state index is 0.276. The zero-order chi connectivity index (χ0) is 18.3. The first-order valence-electron chi connectivity index (χ1n) is 8.37. The van der Waals surface area contributed by atoms with E-state index >= 15 is 0 Å². The lowest BCUT2D eigenvalue weighted by molar-refractivity contribution is 0.359. The van der Waals surface area contributed by atoms with Crippen LogP contribution in [0, 0.1) is 6.92 Å². The fraction of sp³-hybridized carbons (Fsp3) is 0.143. The zero-order valence-corrected chi connectivity index (χ0v) is 15.1. The second-order valence-electron chi connectivity index (χ2n) is 6.42. The van der Waals surface area contributed by atoms with Crippen molar-refractivity contribution in [3.05, 3.63) is 88.4 Å². The molecule has 0 bridgehead atoms. The minimum Gasteiger partial charge on any atom is -0.402 e. The average Bonchev–Trinajstić information content (AvgIpc) is 2.94. The number of aromatic nitrogens is 1. The molecule has 3 aromatic rings. The number of aliphatic imine (C=N–C) groups is 1. The molecule has 0 unspecified atom stereocenters. The van der Waals surface area contributed by atoms with Crippen molar-refractivity contribution < 1.29 is 4.52 Å². The highest BCUT2D eigenvalue weighted by atomic mass is 35.5. The number of hydrogen-bond donors (Lipinski definition) is 1. The normalized spacial score (nSPS) is 15.6. The summed E-state index contributed by atoms with van der Waals surface area (Å²) in [6.07, 6.45) is 0.493. The van der Waals surface area contributed by atoms with Crippen LogP contribution in [-0.2, 0) is 0 Å². The van der Waals surface area contributed by atoms with Crippen molar-refractivity contribution in [3.63, 3.8) is 0 Å². The van der Waals surface area contributed by atoms with Crippen LogP contribution in [-0.4, -0.2) is 10.9 Å². The van der Waals surface area contributed by atoms with Crippen LogP contribution in [0.25, 0.3) is 11.1 Å². The molecule has 0 fully saturated rings. The first-order chi connectivity index (χ1) is 12.5. The van der Waals surface area contributed by atoms with Gasteiger partial charge in [-0.3, -0.25) is 4.99 Å². The molecule has 5 heteroatoms. The monoisotopic (exact) mass is 363 g/mol. The van der Waals surface area contributed by atoms with Crippen molar-refractivity contribution >= 4 is 17.3 Å². The molecule has 0 aliphatic carbocycles. The molecule has 1 aromatic heterocycles. The van der Waals surface area contributed by atoms with Gasteiger partial charge in [-0.15, -0.1) is 0 Å². The van der Waals surface area contributed by atoms with Gasteiger partial charge in [-0.1, -0.05) is 59.7 Å². The number of halogens is 1. The van der Waals surface area contributed by atoms with Gasteiger partial charge < -0.3 is 10.3 Å². The lowest BCUT2D eigenvalue weighted by atomic mass is 9.93. The lowest BCUT2D eigenvalue weighted by Gasteiger charge is -2.12. The summed E-state index contributed by atoms with van der Waals surface area (Å²) in [4.78, 5) is 5.01. The van der Waals surface area contributed by atoms with Crippen LogP contribution >= 0.6 is 11.6 Å². The van der Waals surface area contributed by atoms with E-state index in [4.69, 9.17) is 26.9 Å². The molecule has 0 amide bonds. The van der Waals surface area contributed by atoms with Crippen molar-refractivity contribution in [2.75, 3.05) is 0 Å². The van der Waals surface area contributed by atoms with Gasteiger partial charge in [0.25, 0.3) is 0 Å². The van der Waals surface area contributed by atoms with Crippen LogP contribution in [0.2, 0.25) is 5.02 Å². The Balaban J connectivity index is 1.99. The van der Waals surface area contributed by atoms with Gasteiger partial charge in [0.1, 0.15) is 6.04 Å². The molecule has 0 saturated carbocycles. The van der Waals surface area contributed by atoms with E-state index in [1.54, 1.807) is 0 Å². The van der Waals surface area contributed by atoms with Crippen LogP contribution in [0.4, 0.5) is 0 Å². The molecule has 0 radical (unpaired) electrons. The first kappa shape index (κ1) is 16.6. The van der Waals surface area contributed by atoms with E-state index in [0.29, 0.717) is 17.1 Å². The standard InChI is InChI=1S/C21H18ClN3O/c1-12(23)11-18-21-19(13(2)25-26-21)16-5-3-4-6-17(16)20(24-18)14-7-9-15(22)10-8-14/h3-10,18H,1,11,23H2,2H3/t18-/m0/s1. The molecule has 0 spiro atoms. The predicted molar refractivity (Wildman–Crippen MR) is 104 cm³/mol. The van der Waals surface area contributed by atoms with E-state index in [0.717, 1.165) is 39.4 Å². The molecule has 2 N–H and O–H groups in total. The summed E-state index contributed by atoms with van der Waals surface area (Å²) in [5.41, 5.74) is 12.3. The molecule has 26 heavy (non-hydrogen) atoms. The third-order valence-corrected chi connectivity index (χ3v) is 4.75. The van der Waals surface area contributed by atoms with Gasteiger partial charge in [0.15, 0.2) is 5.76 Å². The van der Waals surface area contributed by atoms with Gasteiger partial charge >= 0.3 is 0 Å². The molecule has 130 valence electrons. The summed E-state index contributed by atoms with van der Waals surface area (Å²) in [6.45, 7) is 5.79. The second-order valence-corrected chi connectivity index (χ2v) is 6.85. The van der Waals surface area contributed by atoms with Crippen LogP contribution < -0.4 is 5.73 Å². The zero-order valence-electron chi connectivity index (χ0n) is 14.4. The Labute approximate surface area is 157 Å². The van der Waals surface area contributed by atoms with Crippen LogP contribution in [0.5, 0.6) is 0 Å². The van der Waals surface area contributed by atoms with E-state index in [1.807, 2.05) is 43.3 Å². The van der Waals surface area contributed by atoms with E-state index in [2.05, 4.69) is 23.9 Å². The Hall–Kier alpha value is -2.85. The fourth-order valence-corrected chi connectivity index (χ4v) is 3.48. The van der Waals surface area contributed by atoms with Crippen molar-refractivity contribution in [2.24, 2.45) is 10.7 Å². The van der Waals surface area contributed by atoms with Crippen LogP contribution in [0.3, 0.4) is 0 Å². The number of hydrogen-bond acceptors (Lipinski definition) is 4.